The van der Waals surface area contributed by atoms with Crippen molar-refractivity contribution >= 4 is 21.9 Å². The SMILES string of the molecule is O=C(CN1C(=O)c2ccccc2S1(=O)=O)OCCO. The summed E-state index contributed by atoms with van der Waals surface area (Å²) in [4.78, 5) is 23.1. The summed E-state index contributed by atoms with van der Waals surface area (Å²) in [5.41, 5.74) is 0.0393. The molecule has 0 aliphatic carbocycles. The van der Waals surface area contributed by atoms with E-state index in [1.54, 1.807) is 6.07 Å². The van der Waals surface area contributed by atoms with Gasteiger partial charge in [-0.2, -0.15) is 0 Å². The van der Waals surface area contributed by atoms with Crippen molar-refractivity contribution < 1.29 is 27.9 Å². The summed E-state index contributed by atoms with van der Waals surface area (Å²) in [6.07, 6.45) is 0. The van der Waals surface area contributed by atoms with Crippen molar-refractivity contribution in [3.63, 3.8) is 0 Å². The summed E-state index contributed by atoms with van der Waals surface area (Å²) in [6.45, 7) is -1.31. The average Bonchev–Trinajstić information content (AvgIpc) is 2.58. The second-order valence-corrected chi connectivity index (χ2v) is 5.59. The zero-order chi connectivity index (χ0) is 14.0. The second kappa shape index (κ2) is 4.98. The van der Waals surface area contributed by atoms with Crippen LogP contribution < -0.4 is 0 Å². The Balaban J connectivity index is 2.26. The van der Waals surface area contributed by atoms with Gasteiger partial charge >= 0.3 is 5.97 Å². The van der Waals surface area contributed by atoms with Crippen LogP contribution in [-0.2, 0) is 19.6 Å². The number of hydrogen-bond acceptors (Lipinski definition) is 6. The molecule has 2 rings (SSSR count). The van der Waals surface area contributed by atoms with Crippen molar-refractivity contribution in [1.29, 1.82) is 0 Å². The highest BCUT2D eigenvalue weighted by atomic mass is 32.2. The van der Waals surface area contributed by atoms with E-state index >= 15 is 0 Å². The largest absolute Gasteiger partial charge is 0.462 e. The number of rotatable bonds is 4. The Hall–Kier alpha value is -1.93. The fourth-order valence-corrected chi connectivity index (χ4v) is 3.22. The van der Waals surface area contributed by atoms with E-state index in [-0.39, 0.29) is 23.7 Å². The summed E-state index contributed by atoms with van der Waals surface area (Å²) < 4.78 is 29.1. The molecule has 8 heteroatoms. The Morgan fingerprint density at radius 2 is 2.00 bits per heavy atom. The summed E-state index contributed by atoms with van der Waals surface area (Å²) in [5.74, 6) is -1.64. The third-order valence-corrected chi connectivity index (χ3v) is 4.33. The number of hydrogen-bond donors (Lipinski definition) is 1. The van der Waals surface area contributed by atoms with Crippen molar-refractivity contribution in [2.75, 3.05) is 19.8 Å². The predicted octanol–water partition coefficient (Wildman–Crippen LogP) is -0.633. The lowest BCUT2D eigenvalue weighted by Gasteiger charge is -2.13. The van der Waals surface area contributed by atoms with Crippen LogP contribution in [0, 0.1) is 0 Å². The zero-order valence-electron chi connectivity index (χ0n) is 9.77. The normalized spacial score (nSPS) is 16.3. The van der Waals surface area contributed by atoms with Crippen LogP contribution in [0.2, 0.25) is 0 Å². The van der Waals surface area contributed by atoms with Crippen molar-refractivity contribution in [3.8, 4) is 0 Å². The minimum atomic E-state index is -4.00. The van der Waals surface area contributed by atoms with Gasteiger partial charge in [-0.05, 0) is 12.1 Å². The molecular formula is C11H11NO6S. The first-order chi connectivity index (χ1) is 8.98. The third kappa shape index (κ3) is 2.32. The zero-order valence-corrected chi connectivity index (χ0v) is 10.6. The van der Waals surface area contributed by atoms with Gasteiger partial charge in [0.2, 0.25) is 0 Å². The topological polar surface area (TPSA) is 101 Å². The molecule has 1 aromatic rings. The van der Waals surface area contributed by atoms with Gasteiger partial charge in [0.25, 0.3) is 15.9 Å². The molecule has 0 saturated carbocycles. The number of nitrogens with zero attached hydrogens (tertiary/aromatic N) is 1. The van der Waals surface area contributed by atoms with E-state index in [1.807, 2.05) is 0 Å². The average molecular weight is 285 g/mol. The number of benzene rings is 1. The minimum Gasteiger partial charge on any atom is -0.462 e. The van der Waals surface area contributed by atoms with Gasteiger partial charge < -0.3 is 9.84 Å². The number of amides is 1. The van der Waals surface area contributed by atoms with E-state index in [1.165, 1.54) is 18.2 Å². The molecule has 0 atom stereocenters. The lowest BCUT2D eigenvalue weighted by atomic mass is 10.2. The van der Waals surface area contributed by atoms with E-state index in [2.05, 4.69) is 4.74 Å². The van der Waals surface area contributed by atoms with E-state index in [0.29, 0.717) is 4.31 Å². The lowest BCUT2D eigenvalue weighted by Crippen LogP contribution is -2.36. The highest BCUT2D eigenvalue weighted by Gasteiger charge is 2.42. The molecule has 0 aromatic heterocycles. The van der Waals surface area contributed by atoms with Gasteiger partial charge in [0.1, 0.15) is 18.0 Å². The van der Waals surface area contributed by atoms with Gasteiger partial charge in [-0.25, -0.2) is 12.7 Å². The number of carbonyl (C=O) groups is 2. The fraction of sp³-hybridized carbons (Fsp3) is 0.273. The Labute approximate surface area is 109 Å². The summed E-state index contributed by atoms with van der Waals surface area (Å²) in [6, 6.07) is 5.73. The number of esters is 1. The van der Waals surface area contributed by atoms with Crippen LogP contribution in [0.25, 0.3) is 0 Å². The van der Waals surface area contributed by atoms with E-state index in [0.717, 1.165) is 0 Å². The molecule has 1 aliphatic rings. The van der Waals surface area contributed by atoms with Gasteiger partial charge in [-0.3, -0.25) is 9.59 Å². The molecule has 1 N–H and O–H groups in total. The third-order valence-electron chi connectivity index (χ3n) is 2.54. The van der Waals surface area contributed by atoms with E-state index in [9.17, 15) is 18.0 Å². The van der Waals surface area contributed by atoms with Gasteiger partial charge in [-0.1, -0.05) is 12.1 Å². The Kier molecular flexibility index (Phi) is 3.54. The first-order valence-corrected chi connectivity index (χ1v) is 6.85. The molecule has 102 valence electrons. The quantitative estimate of drug-likeness (QED) is 0.739. The maximum atomic E-state index is 12.1. The van der Waals surface area contributed by atoms with E-state index in [4.69, 9.17) is 5.11 Å². The molecule has 0 spiro atoms. The number of aliphatic hydroxyl groups excluding tert-OH is 1. The maximum absolute atomic E-state index is 12.1. The molecule has 0 radical (unpaired) electrons. The maximum Gasteiger partial charge on any atom is 0.327 e. The number of aliphatic hydroxyl groups is 1. The molecule has 0 unspecified atom stereocenters. The molecule has 0 bridgehead atoms. The van der Waals surface area contributed by atoms with Crippen LogP contribution in [-0.4, -0.2) is 49.5 Å². The van der Waals surface area contributed by atoms with E-state index < -0.39 is 28.4 Å². The van der Waals surface area contributed by atoms with Crippen molar-refractivity contribution in [3.05, 3.63) is 29.8 Å². The van der Waals surface area contributed by atoms with Gasteiger partial charge in [-0.15, -0.1) is 0 Å². The predicted molar refractivity (Wildman–Crippen MR) is 62.7 cm³/mol. The summed E-state index contributed by atoms with van der Waals surface area (Å²) >= 11 is 0. The first kappa shape index (κ1) is 13.5. The summed E-state index contributed by atoms with van der Waals surface area (Å²) in [5, 5.41) is 8.50. The minimum absolute atomic E-state index is 0.0393. The summed E-state index contributed by atoms with van der Waals surface area (Å²) in [7, 11) is -4.00. The second-order valence-electron chi connectivity index (χ2n) is 3.76. The highest BCUT2D eigenvalue weighted by Crippen LogP contribution is 2.29. The van der Waals surface area contributed by atoms with Gasteiger partial charge in [0, 0.05) is 0 Å². The van der Waals surface area contributed by atoms with Crippen LogP contribution in [0.4, 0.5) is 0 Å². The van der Waals surface area contributed by atoms with Gasteiger partial charge in [0.05, 0.1) is 12.2 Å². The van der Waals surface area contributed by atoms with Crippen molar-refractivity contribution in [1.82, 2.24) is 4.31 Å². The van der Waals surface area contributed by atoms with Crippen molar-refractivity contribution in [2.45, 2.75) is 4.90 Å². The lowest BCUT2D eigenvalue weighted by molar-refractivity contribution is -0.144. The molecular weight excluding hydrogens is 274 g/mol. The van der Waals surface area contributed by atoms with Gasteiger partial charge in [0.15, 0.2) is 0 Å². The Morgan fingerprint density at radius 3 is 2.63 bits per heavy atom. The van der Waals surface area contributed by atoms with Crippen LogP contribution in [0.1, 0.15) is 10.4 Å². The monoisotopic (exact) mass is 285 g/mol. The van der Waals surface area contributed by atoms with Crippen LogP contribution in [0.15, 0.2) is 29.2 Å². The van der Waals surface area contributed by atoms with Crippen LogP contribution in [0.3, 0.4) is 0 Å². The fourth-order valence-electron chi connectivity index (χ4n) is 1.71. The number of carbonyl (C=O) groups excluding carboxylic acids is 2. The molecule has 1 amide bonds. The molecule has 1 aromatic carbocycles. The number of sulfonamides is 1. The molecule has 0 fully saturated rings. The first-order valence-electron chi connectivity index (χ1n) is 5.41. The van der Waals surface area contributed by atoms with Crippen molar-refractivity contribution in [2.24, 2.45) is 0 Å². The van der Waals surface area contributed by atoms with Crippen LogP contribution in [0.5, 0.6) is 0 Å². The number of ether oxygens (including phenoxy) is 1. The molecule has 1 heterocycles. The van der Waals surface area contributed by atoms with Crippen LogP contribution >= 0.6 is 0 Å². The number of fused-ring (bicyclic) bond motifs is 1. The standard InChI is InChI=1S/C11H11NO6S/c13-5-6-18-10(14)7-12-11(15)8-3-1-2-4-9(8)19(12,16)17/h1-4,13H,5-7H2. The smallest absolute Gasteiger partial charge is 0.327 e. The molecule has 1 aliphatic heterocycles. The molecule has 19 heavy (non-hydrogen) atoms. The highest BCUT2D eigenvalue weighted by molar-refractivity contribution is 7.90. The Bertz CT molecular complexity index is 624. The Morgan fingerprint density at radius 1 is 1.32 bits per heavy atom. The molecule has 7 nitrogen and oxygen atoms in total. The molecule has 0 saturated heterocycles.